The monoisotopic (exact) mass is 208 g/mol. The highest BCUT2D eigenvalue weighted by atomic mass is 16.5. The quantitative estimate of drug-likeness (QED) is 0.657. The van der Waals surface area contributed by atoms with E-state index in [-0.39, 0.29) is 0 Å². The van der Waals surface area contributed by atoms with E-state index in [9.17, 15) is 0 Å². The van der Waals surface area contributed by atoms with Crippen molar-refractivity contribution >= 4 is 0 Å². The normalized spacial score (nSPS) is 14.7. The summed E-state index contributed by atoms with van der Waals surface area (Å²) in [5, 5.41) is 0. The predicted molar refractivity (Wildman–Crippen MR) is 60.8 cm³/mol. The molecule has 2 rings (SSSR count). The van der Waals surface area contributed by atoms with Crippen LogP contribution >= 0.6 is 0 Å². The molecule has 0 fully saturated rings. The zero-order valence-corrected chi connectivity index (χ0v) is 10.1. The summed E-state index contributed by atoms with van der Waals surface area (Å²) in [6.45, 7) is 9.50. The van der Waals surface area contributed by atoms with Crippen molar-refractivity contribution in [3.8, 4) is 0 Å². The van der Waals surface area contributed by atoms with Crippen LogP contribution in [0.25, 0.3) is 0 Å². The van der Waals surface area contributed by atoms with E-state index < -0.39 is 0 Å². The molecule has 0 bridgehead atoms. The Balaban J connectivity index is 0.000000531. The maximum atomic E-state index is 5.46. The van der Waals surface area contributed by atoms with Crippen LogP contribution in [0, 0.1) is 13.8 Å². The average Bonchev–Trinajstić information content (AvgIpc) is 2.46. The van der Waals surface area contributed by atoms with E-state index >= 15 is 0 Å². The molecule has 0 amide bonds. The van der Waals surface area contributed by atoms with Gasteiger partial charge < -0.3 is 4.74 Å². The van der Waals surface area contributed by atoms with E-state index in [4.69, 9.17) is 4.74 Å². The third-order valence-electron chi connectivity index (χ3n) is 2.36. The Morgan fingerprint density at radius 3 is 2.60 bits per heavy atom. The van der Waals surface area contributed by atoms with E-state index in [0.717, 1.165) is 31.0 Å². The largest absolute Gasteiger partial charge is 0.377 e. The smallest absolute Gasteiger partial charge is 0.125 e. The lowest BCUT2D eigenvalue weighted by molar-refractivity contribution is 0.124. The molecule has 1 aliphatic rings. The lowest BCUT2D eigenvalue weighted by atomic mass is 10.1. The maximum absolute atomic E-state index is 5.46. The number of aryl methyl sites for hydroxylation is 3. The predicted octanol–water partition coefficient (Wildman–Crippen LogP) is 2.58. The van der Waals surface area contributed by atoms with Crippen molar-refractivity contribution in [2.75, 3.05) is 6.61 Å². The van der Waals surface area contributed by atoms with Crippen LogP contribution in [-0.4, -0.2) is 16.6 Å². The molecule has 1 aromatic heterocycles. The Morgan fingerprint density at radius 1 is 1.13 bits per heavy atom. The summed E-state index contributed by atoms with van der Waals surface area (Å²) in [6.07, 6.45) is 2.10. The van der Waals surface area contributed by atoms with Gasteiger partial charge in [-0.15, -0.1) is 0 Å². The van der Waals surface area contributed by atoms with Crippen LogP contribution in [-0.2, 0) is 17.8 Å². The van der Waals surface area contributed by atoms with Gasteiger partial charge in [0.1, 0.15) is 5.82 Å². The van der Waals surface area contributed by atoms with Crippen molar-refractivity contribution in [2.45, 2.75) is 47.1 Å². The molecule has 0 aromatic carbocycles. The number of hydrogen-bond donors (Lipinski definition) is 0. The number of fused-ring (bicyclic) bond motifs is 1. The Morgan fingerprint density at radius 2 is 1.87 bits per heavy atom. The van der Waals surface area contributed by atoms with Gasteiger partial charge in [-0.3, -0.25) is 0 Å². The van der Waals surface area contributed by atoms with Gasteiger partial charge in [0.25, 0.3) is 0 Å². The molecule has 0 saturated carbocycles. The zero-order chi connectivity index (χ0) is 11.3. The van der Waals surface area contributed by atoms with Gasteiger partial charge in [-0.1, -0.05) is 13.8 Å². The highest BCUT2D eigenvalue weighted by Crippen LogP contribution is 2.17. The fraction of sp³-hybridized carbons (Fsp3) is 0.667. The van der Waals surface area contributed by atoms with E-state index in [1.807, 2.05) is 27.7 Å². The first kappa shape index (κ1) is 12.1. The van der Waals surface area contributed by atoms with Gasteiger partial charge in [0.15, 0.2) is 0 Å². The van der Waals surface area contributed by atoms with Crippen molar-refractivity contribution in [3.05, 3.63) is 22.8 Å². The minimum Gasteiger partial charge on any atom is -0.377 e. The van der Waals surface area contributed by atoms with Crippen molar-refractivity contribution in [1.29, 1.82) is 0 Å². The number of rotatable bonds is 0. The van der Waals surface area contributed by atoms with Gasteiger partial charge in [-0.05, 0) is 26.7 Å². The molecule has 0 radical (unpaired) electrons. The minimum absolute atomic E-state index is 0.682. The molecule has 1 aliphatic heterocycles. The van der Waals surface area contributed by atoms with E-state index in [2.05, 4.69) is 9.97 Å². The highest BCUT2D eigenvalue weighted by molar-refractivity contribution is 5.25. The second-order valence-electron chi connectivity index (χ2n) is 3.44. The molecule has 0 spiro atoms. The molecule has 0 aliphatic carbocycles. The third-order valence-corrected chi connectivity index (χ3v) is 2.36. The summed E-state index contributed by atoms with van der Waals surface area (Å²) in [5.41, 5.74) is 3.45. The van der Waals surface area contributed by atoms with Crippen LogP contribution in [0.5, 0.6) is 0 Å². The summed E-state index contributed by atoms with van der Waals surface area (Å²) in [5.74, 6) is 0.873. The number of hydrogen-bond acceptors (Lipinski definition) is 3. The van der Waals surface area contributed by atoms with E-state index in [1.54, 1.807) is 0 Å². The molecule has 0 atom stereocenters. The molecule has 1 aromatic rings. The Hall–Kier alpha value is -0.960. The summed E-state index contributed by atoms with van der Waals surface area (Å²) in [6, 6.07) is 0. The molecule has 2 heterocycles. The Labute approximate surface area is 91.9 Å². The highest BCUT2D eigenvalue weighted by Gasteiger charge is 2.12. The molecule has 3 nitrogen and oxygen atoms in total. The standard InChI is InChI=1S/C10H14N2O.C2H6/c1-7-9-6-13-5-3-4-10(9)12-8(2)11-7;1-2/h3-6H2,1-2H3;1-2H3. The van der Waals surface area contributed by atoms with E-state index in [1.165, 1.54) is 11.3 Å². The molecule has 0 saturated heterocycles. The topological polar surface area (TPSA) is 35.0 Å². The molecule has 3 heteroatoms. The van der Waals surface area contributed by atoms with Crippen molar-refractivity contribution in [2.24, 2.45) is 0 Å². The number of ether oxygens (including phenoxy) is 1. The van der Waals surface area contributed by atoms with Gasteiger partial charge in [0.05, 0.1) is 6.61 Å². The molecule has 0 N–H and O–H groups in total. The minimum atomic E-state index is 0.682. The summed E-state index contributed by atoms with van der Waals surface area (Å²) in [7, 11) is 0. The van der Waals surface area contributed by atoms with Gasteiger partial charge in [-0.2, -0.15) is 0 Å². The first-order chi connectivity index (χ1) is 7.27. The SMILES string of the molecule is CC.Cc1nc(C)c2c(n1)CCCOC2. The van der Waals surface area contributed by atoms with Gasteiger partial charge in [-0.25, -0.2) is 9.97 Å². The summed E-state index contributed by atoms with van der Waals surface area (Å²) in [4.78, 5) is 8.78. The number of aromatic nitrogens is 2. The van der Waals surface area contributed by atoms with Crippen LogP contribution in [0.3, 0.4) is 0 Å². The Bertz CT molecular complexity index is 324. The summed E-state index contributed by atoms with van der Waals surface area (Å²) >= 11 is 0. The molecular formula is C12H20N2O. The fourth-order valence-corrected chi connectivity index (χ4v) is 1.72. The van der Waals surface area contributed by atoms with Crippen LogP contribution in [0.2, 0.25) is 0 Å². The van der Waals surface area contributed by atoms with Crippen molar-refractivity contribution in [3.63, 3.8) is 0 Å². The maximum Gasteiger partial charge on any atom is 0.125 e. The fourth-order valence-electron chi connectivity index (χ4n) is 1.72. The van der Waals surface area contributed by atoms with Crippen LogP contribution in [0.1, 0.15) is 43.0 Å². The zero-order valence-electron chi connectivity index (χ0n) is 10.1. The van der Waals surface area contributed by atoms with Gasteiger partial charge in [0, 0.05) is 23.6 Å². The van der Waals surface area contributed by atoms with Crippen LogP contribution in [0.15, 0.2) is 0 Å². The first-order valence-corrected chi connectivity index (χ1v) is 5.68. The lowest BCUT2D eigenvalue weighted by Gasteiger charge is -2.07. The van der Waals surface area contributed by atoms with Gasteiger partial charge >= 0.3 is 0 Å². The third kappa shape index (κ3) is 2.99. The molecule has 15 heavy (non-hydrogen) atoms. The summed E-state index contributed by atoms with van der Waals surface area (Å²) < 4.78 is 5.46. The van der Waals surface area contributed by atoms with Crippen LogP contribution in [0.4, 0.5) is 0 Å². The van der Waals surface area contributed by atoms with Gasteiger partial charge in [0.2, 0.25) is 0 Å². The second kappa shape index (κ2) is 5.81. The van der Waals surface area contributed by atoms with Crippen LogP contribution < -0.4 is 0 Å². The molecule has 0 unspecified atom stereocenters. The lowest BCUT2D eigenvalue weighted by Crippen LogP contribution is -2.04. The second-order valence-corrected chi connectivity index (χ2v) is 3.44. The van der Waals surface area contributed by atoms with E-state index in [0.29, 0.717) is 6.61 Å². The average molecular weight is 208 g/mol. The molecule has 84 valence electrons. The Kier molecular flexibility index (Phi) is 4.69. The molecular weight excluding hydrogens is 188 g/mol. The van der Waals surface area contributed by atoms with Crippen molar-refractivity contribution in [1.82, 2.24) is 9.97 Å². The first-order valence-electron chi connectivity index (χ1n) is 5.68. The van der Waals surface area contributed by atoms with Crippen molar-refractivity contribution < 1.29 is 4.74 Å². The number of nitrogens with zero attached hydrogens (tertiary/aromatic N) is 2.